The Morgan fingerprint density at radius 2 is 2.15 bits per heavy atom. The normalized spacial score (nSPS) is 22.5. The van der Waals surface area contributed by atoms with Crippen LogP contribution in [0.1, 0.15) is 49.9 Å². The molecule has 20 heavy (non-hydrogen) atoms. The van der Waals surface area contributed by atoms with Crippen molar-refractivity contribution < 1.29 is 9.53 Å². The molecule has 1 N–H and O–H groups in total. The highest BCUT2D eigenvalue weighted by molar-refractivity contribution is 6.03. The van der Waals surface area contributed by atoms with Gasteiger partial charge in [0.05, 0.1) is 12.2 Å². The summed E-state index contributed by atoms with van der Waals surface area (Å²) in [7, 11) is 0. The molecule has 1 saturated heterocycles. The minimum Gasteiger partial charge on any atom is -0.493 e. The smallest absolute Gasteiger partial charge is 0.173 e. The molecule has 1 aliphatic rings. The van der Waals surface area contributed by atoms with Gasteiger partial charge in [-0.2, -0.15) is 0 Å². The van der Waals surface area contributed by atoms with E-state index in [1.807, 2.05) is 24.3 Å². The Hall–Kier alpha value is -1.35. The monoisotopic (exact) mass is 275 g/mol. The van der Waals surface area contributed by atoms with Gasteiger partial charge < -0.3 is 10.1 Å². The third-order valence-corrected chi connectivity index (χ3v) is 4.22. The minimum absolute atomic E-state index is 0.235. The Morgan fingerprint density at radius 1 is 1.35 bits per heavy atom. The van der Waals surface area contributed by atoms with Crippen LogP contribution >= 0.6 is 0 Å². The number of carbonyl (C=O) groups excluding carboxylic acids is 1. The lowest BCUT2D eigenvalue weighted by molar-refractivity contribution is 0.0726. The zero-order chi connectivity index (χ0) is 14.4. The maximum Gasteiger partial charge on any atom is 0.173 e. The zero-order valence-corrected chi connectivity index (χ0v) is 12.6. The molecule has 0 aromatic heterocycles. The summed E-state index contributed by atoms with van der Waals surface area (Å²) in [6, 6.07) is 7.66. The quantitative estimate of drug-likeness (QED) is 0.808. The molecule has 3 heteroatoms. The first-order chi connectivity index (χ1) is 9.73. The lowest BCUT2D eigenvalue weighted by Gasteiger charge is -2.35. The molecule has 2 rings (SSSR count). The van der Waals surface area contributed by atoms with E-state index in [2.05, 4.69) is 19.2 Å². The van der Waals surface area contributed by atoms with Crippen LogP contribution in [-0.4, -0.2) is 25.5 Å². The van der Waals surface area contributed by atoms with E-state index in [-0.39, 0.29) is 11.2 Å². The first-order valence-electron chi connectivity index (χ1n) is 7.71. The van der Waals surface area contributed by atoms with E-state index in [1.54, 1.807) is 0 Å². The number of rotatable bonds is 6. The third kappa shape index (κ3) is 3.04. The highest BCUT2D eigenvalue weighted by Crippen LogP contribution is 2.36. The van der Waals surface area contributed by atoms with Crippen molar-refractivity contribution in [2.75, 3.05) is 19.7 Å². The molecule has 0 bridgehead atoms. The summed E-state index contributed by atoms with van der Waals surface area (Å²) in [5, 5.41) is 3.38. The summed E-state index contributed by atoms with van der Waals surface area (Å²) >= 11 is 0. The number of para-hydroxylation sites is 1. The molecule has 1 atom stereocenters. The van der Waals surface area contributed by atoms with Gasteiger partial charge in [-0.05, 0) is 44.4 Å². The summed E-state index contributed by atoms with van der Waals surface area (Å²) < 4.78 is 5.75. The molecule has 0 saturated carbocycles. The molecular weight excluding hydrogens is 250 g/mol. The van der Waals surface area contributed by atoms with Gasteiger partial charge in [-0.25, -0.2) is 0 Å². The number of benzene rings is 1. The highest BCUT2D eigenvalue weighted by atomic mass is 16.5. The number of ether oxygens (including phenoxy) is 1. The highest BCUT2D eigenvalue weighted by Gasteiger charge is 2.39. The van der Waals surface area contributed by atoms with Crippen LogP contribution in [0.25, 0.3) is 0 Å². The Balaban J connectivity index is 2.27. The summed E-state index contributed by atoms with van der Waals surface area (Å²) in [5.41, 5.74) is 0.482. The summed E-state index contributed by atoms with van der Waals surface area (Å²) in [5.74, 6) is 0.969. The van der Waals surface area contributed by atoms with Crippen LogP contribution in [-0.2, 0) is 0 Å². The molecule has 0 radical (unpaired) electrons. The number of carbonyl (C=O) groups is 1. The first-order valence-corrected chi connectivity index (χ1v) is 7.71. The molecule has 1 heterocycles. The summed E-state index contributed by atoms with van der Waals surface area (Å²) in [6.07, 6.45) is 3.86. The van der Waals surface area contributed by atoms with Crippen LogP contribution in [0.3, 0.4) is 0 Å². The van der Waals surface area contributed by atoms with Crippen LogP contribution in [0.4, 0.5) is 0 Å². The second kappa shape index (κ2) is 6.89. The van der Waals surface area contributed by atoms with E-state index in [4.69, 9.17) is 4.74 Å². The van der Waals surface area contributed by atoms with Crippen LogP contribution in [0, 0.1) is 5.41 Å². The van der Waals surface area contributed by atoms with Crippen LogP contribution in [0.15, 0.2) is 24.3 Å². The molecule has 0 aliphatic carbocycles. The molecule has 1 fully saturated rings. The fourth-order valence-corrected chi connectivity index (χ4v) is 2.90. The largest absolute Gasteiger partial charge is 0.493 e. The van der Waals surface area contributed by atoms with Gasteiger partial charge in [0.15, 0.2) is 5.78 Å². The van der Waals surface area contributed by atoms with Gasteiger partial charge >= 0.3 is 0 Å². The van der Waals surface area contributed by atoms with E-state index in [0.717, 1.165) is 50.1 Å². The van der Waals surface area contributed by atoms with Gasteiger partial charge in [0.25, 0.3) is 0 Å². The minimum atomic E-state index is -0.260. The van der Waals surface area contributed by atoms with Gasteiger partial charge in [-0.1, -0.05) is 26.0 Å². The second-order valence-corrected chi connectivity index (χ2v) is 5.59. The molecule has 1 unspecified atom stereocenters. The van der Waals surface area contributed by atoms with Gasteiger partial charge in [-0.3, -0.25) is 4.79 Å². The fraction of sp³-hybridized carbons (Fsp3) is 0.588. The standard InChI is InChI=1S/C17H25NO2/c1-3-12-20-15-9-6-5-8-14(15)16(19)17(4-2)10-7-11-18-13-17/h5-6,8-9,18H,3-4,7,10-13H2,1-2H3. The van der Waals surface area contributed by atoms with Crippen molar-refractivity contribution in [1.29, 1.82) is 0 Å². The fourth-order valence-electron chi connectivity index (χ4n) is 2.90. The van der Waals surface area contributed by atoms with E-state index < -0.39 is 0 Å². The molecular formula is C17H25NO2. The SMILES string of the molecule is CCCOc1ccccc1C(=O)C1(CC)CCCNC1. The van der Waals surface area contributed by atoms with Crippen molar-refractivity contribution >= 4 is 5.78 Å². The Labute approximate surface area is 121 Å². The first kappa shape index (κ1) is 15.0. The van der Waals surface area contributed by atoms with E-state index >= 15 is 0 Å². The van der Waals surface area contributed by atoms with Gasteiger partial charge in [0, 0.05) is 12.0 Å². The summed E-state index contributed by atoms with van der Waals surface area (Å²) in [4.78, 5) is 13.0. The van der Waals surface area contributed by atoms with Gasteiger partial charge in [0.1, 0.15) is 5.75 Å². The predicted molar refractivity (Wildman–Crippen MR) is 81.4 cm³/mol. The van der Waals surface area contributed by atoms with E-state index in [1.165, 1.54) is 0 Å². The summed E-state index contributed by atoms with van der Waals surface area (Å²) in [6.45, 7) is 6.64. The maximum absolute atomic E-state index is 13.0. The molecule has 1 aromatic carbocycles. The lowest BCUT2D eigenvalue weighted by Crippen LogP contribution is -2.45. The number of nitrogens with one attached hydrogen (secondary N) is 1. The Kier molecular flexibility index (Phi) is 5.18. The number of hydrogen-bond acceptors (Lipinski definition) is 3. The lowest BCUT2D eigenvalue weighted by atomic mass is 9.72. The van der Waals surface area contributed by atoms with Crippen molar-refractivity contribution in [3.63, 3.8) is 0 Å². The number of piperidine rings is 1. The molecule has 1 aromatic rings. The molecule has 1 aliphatic heterocycles. The molecule has 3 nitrogen and oxygen atoms in total. The average molecular weight is 275 g/mol. The van der Waals surface area contributed by atoms with E-state index in [9.17, 15) is 4.79 Å². The predicted octanol–water partition coefficient (Wildman–Crippen LogP) is 3.44. The van der Waals surface area contributed by atoms with Crippen molar-refractivity contribution in [3.8, 4) is 5.75 Å². The molecule has 0 spiro atoms. The number of ketones is 1. The van der Waals surface area contributed by atoms with Crippen molar-refractivity contribution in [3.05, 3.63) is 29.8 Å². The van der Waals surface area contributed by atoms with E-state index in [0.29, 0.717) is 6.61 Å². The maximum atomic E-state index is 13.0. The molecule has 110 valence electrons. The van der Waals surface area contributed by atoms with Crippen LogP contribution in [0.5, 0.6) is 5.75 Å². The Bertz CT molecular complexity index is 450. The van der Waals surface area contributed by atoms with Crippen LogP contribution in [0.2, 0.25) is 0 Å². The topological polar surface area (TPSA) is 38.3 Å². The van der Waals surface area contributed by atoms with Gasteiger partial charge in [-0.15, -0.1) is 0 Å². The average Bonchev–Trinajstić information content (AvgIpc) is 2.53. The van der Waals surface area contributed by atoms with Gasteiger partial charge in [0.2, 0.25) is 0 Å². The third-order valence-electron chi connectivity index (χ3n) is 4.22. The number of hydrogen-bond donors (Lipinski definition) is 1. The van der Waals surface area contributed by atoms with Crippen molar-refractivity contribution in [2.45, 2.75) is 39.5 Å². The van der Waals surface area contributed by atoms with Crippen LogP contribution < -0.4 is 10.1 Å². The zero-order valence-electron chi connectivity index (χ0n) is 12.6. The molecule has 0 amide bonds. The Morgan fingerprint density at radius 3 is 2.80 bits per heavy atom. The van der Waals surface area contributed by atoms with Crippen molar-refractivity contribution in [1.82, 2.24) is 5.32 Å². The second-order valence-electron chi connectivity index (χ2n) is 5.59. The number of Topliss-reactive ketones (excluding diaryl/α,β-unsaturated/α-hetero) is 1. The van der Waals surface area contributed by atoms with Crippen molar-refractivity contribution in [2.24, 2.45) is 5.41 Å².